The molecule has 2 rings (SSSR count). The molecule has 1 fully saturated rings. The molecule has 2 unspecified atom stereocenters. The lowest BCUT2D eigenvalue weighted by Gasteiger charge is -2.36. The first-order valence-electron chi connectivity index (χ1n) is 6.66. The minimum atomic E-state index is -0.458. The van der Waals surface area contributed by atoms with Crippen LogP contribution in [0.1, 0.15) is 36.8 Å². The summed E-state index contributed by atoms with van der Waals surface area (Å²) in [6.07, 6.45) is 3.78. The number of aliphatic hydroxyl groups excluding tert-OH is 1. The van der Waals surface area contributed by atoms with E-state index in [0.717, 1.165) is 37.0 Å². The number of nitrogens with two attached hydrogens (primary N) is 1. The fraction of sp³-hybridized carbons (Fsp3) is 0.600. The zero-order chi connectivity index (χ0) is 13.2. The van der Waals surface area contributed by atoms with Crippen molar-refractivity contribution in [2.45, 2.75) is 51.2 Å². The summed E-state index contributed by atoms with van der Waals surface area (Å²) in [4.78, 5) is 0. The highest BCUT2D eigenvalue weighted by Crippen LogP contribution is 2.30. The van der Waals surface area contributed by atoms with Gasteiger partial charge in [0.15, 0.2) is 0 Å². The van der Waals surface area contributed by atoms with Gasteiger partial charge in [0.05, 0.1) is 6.61 Å². The summed E-state index contributed by atoms with van der Waals surface area (Å²) < 4.78 is 6.07. The van der Waals surface area contributed by atoms with E-state index in [1.54, 1.807) is 0 Å². The van der Waals surface area contributed by atoms with Crippen LogP contribution in [0, 0.1) is 13.8 Å². The second-order valence-electron chi connectivity index (χ2n) is 5.63. The predicted molar refractivity (Wildman–Crippen MR) is 72.8 cm³/mol. The fourth-order valence-corrected chi connectivity index (χ4v) is 2.60. The van der Waals surface area contributed by atoms with Crippen LogP contribution < -0.4 is 10.5 Å². The van der Waals surface area contributed by atoms with Gasteiger partial charge in [0.2, 0.25) is 0 Å². The average molecular weight is 249 g/mol. The number of aryl methyl sites for hydroxylation is 2. The molecule has 2 atom stereocenters. The first kappa shape index (κ1) is 13.4. The Morgan fingerprint density at radius 1 is 1.44 bits per heavy atom. The van der Waals surface area contributed by atoms with Crippen molar-refractivity contribution in [3.8, 4) is 5.75 Å². The molecule has 0 saturated heterocycles. The Balaban J connectivity index is 2.07. The van der Waals surface area contributed by atoms with Gasteiger partial charge in [-0.2, -0.15) is 0 Å². The van der Waals surface area contributed by atoms with E-state index in [0.29, 0.717) is 0 Å². The van der Waals surface area contributed by atoms with Crippen molar-refractivity contribution < 1.29 is 9.84 Å². The lowest BCUT2D eigenvalue weighted by atomic mass is 9.81. The molecule has 0 amide bonds. The van der Waals surface area contributed by atoms with Crippen molar-refractivity contribution in [2.24, 2.45) is 5.73 Å². The first-order valence-corrected chi connectivity index (χ1v) is 6.66. The number of benzene rings is 1. The van der Waals surface area contributed by atoms with Gasteiger partial charge in [-0.1, -0.05) is 12.1 Å². The summed E-state index contributed by atoms with van der Waals surface area (Å²) >= 11 is 0. The van der Waals surface area contributed by atoms with Gasteiger partial charge < -0.3 is 15.6 Å². The van der Waals surface area contributed by atoms with Gasteiger partial charge in [0, 0.05) is 12.0 Å². The summed E-state index contributed by atoms with van der Waals surface area (Å²) in [6.45, 7) is 4.16. The van der Waals surface area contributed by atoms with Crippen molar-refractivity contribution in [3.05, 3.63) is 29.3 Å². The first-order chi connectivity index (χ1) is 8.52. The standard InChI is InChI=1S/C15H23NO2/c1-11-5-6-12(2)14(8-11)18-13-4-3-7-15(16,9-13)10-17/h5-6,8,13,17H,3-4,7,9-10,16H2,1-2H3. The fourth-order valence-electron chi connectivity index (χ4n) is 2.60. The van der Waals surface area contributed by atoms with Gasteiger partial charge in [-0.05, 0) is 50.3 Å². The molecule has 1 aliphatic rings. The monoisotopic (exact) mass is 249 g/mol. The molecule has 18 heavy (non-hydrogen) atoms. The summed E-state index contributed by atoms with van der Waals surface area (Å²) in [6, 6.07) is 6.24. The van der Waals surface area contributed by atoms with Gasteiger partial charge in [-0.25, -0.2) is 0 Å². The molecule has 0 aliphatic heterocycles. The molecule has 1 aliphatic carbocycles. The van der Waals surface area contributed by atoms with Gasteiger partial charge in [0.1, 0.15) is 11.9 Å². The molecule has 1 aromatic carbocycles. The van der Waals surface area contributed by atoms with E-state index in [-0.39, 0.29) is 12.7 Å². The van der Waals surface area contributed by atoms with Crippen LogP contribution in [0.5, 0.6) is 5.75 Å². The van der Waals surface area contributed by atoms with E-state index in [9.17, 15) is 5.11 Å². The van der Waals surface area contributed by atoms with Crippen LogP contribution in [0.2, 0.25) is 0 Å². The molecule has 3 heteroatoms. The molecule has 1 aromatic rings. The van der Waals surface area contributed by atoms with E-state index in [1.807, 2.05) is 0 Å². The van der Waals surface area contributed by atoms with Crippen LogP contribution in [-0.4, -0.2) is 23.4 Å². The minimum absolute atomic E-state index is 0.0413. The quantitative estimate of drug-likeness (QED) is 0.864. The zero-order valence-electron chi connectivity index (χ0n) is 11.3. The van der Waals surface area contributed by atoms with E-state index >= 15 is 0 Å². The highest BCUT2D eigenvalue weighted by atomic mass is 16.5. The molecule has 3 N–H and O–H groups in total. The van der Waals surface area contributed by atoms with Crippen LogP contribution in [0.4, 0.5) is 0 Å². The largest absolute Gasteiger partial charge is 0.490 e. The predicted octanol–water partition coefficient (Wildman–Crippen LogP) is 2.31. The Kier molecular flexibility index (Phi) is 3.93. The van der Waals surface area contributed by atoms with E-state index in [4.69, 9.17) is 10.5 Å². The SMILES string of the molecule is Cc1ccc(C)c(OC2CCCC(N)(CO)C2)c1. The number of rotatable bonds is 3. The zero-order valence-corrected chi connectivity index (χ0v) is 11.3. The summed E-state index contributed by atoms with van der Waals surface area (Å²) in [5, 5.41) is 9.35. The topological polar surface area (TPSA) is 55.5 Å². The average Bonchev–Trinajstić information content (AvgIpc) is 2.34. The second-order valence-corrected chi connectivity index (χ2v) is 5.63. The van der Waals surface area contributed by atoms with Crippen LogP contribution >= 0.6 is 0 Å². The number of aliphatic hydroxyl groups is 1. The molecular formula is C15H23NO2. The van der Waals surface area contributed by atoms with Crippen LogP contribution in [0.15, 0.2) is 18.2 Å². The third-order valence-electron chi connectivity index (χ3n) is 3.79. The van der Waals surface area contributed by atoms with Gasteiger partial charge in [-0.15, -0.1) is 0 Å². The van der Waals surface area contributed by atoms with E-state index in [1.165, 1.54) is 5.56 Å². The molecule has 0 aromatic heterocycles. The van der Waals surface area contributed by atoms with Gasteiger partial charge in [0.25, 0.3) is 0 Å². The second kappa shape index (κ2) is 5.29. The van der Waals surface area contributed by atoms with Crippen LogP contribution in [0.3, 0.4) is 0 Å². The molecule has 0 heterocycles. The molecule has 3 nitrogen and oxygen atoms in total. The number of hydrogen-bond donors (Lipinski definition) is 2. The molecule has 1 saturated carbocycles. The van der Waals surface area contributed by atoms with Crippen LogP contribution in [0.25, 0.3) is 0 Å². The molecule has 100 valence electrons. The van der Waals surface area contributed by atoms with E-state index < -0.39 is 5.54 Å². The molecule has 0 spiro atoms. The highest BCUT2D eigenvalue weighted by molar-refractivity contribution is 5.36. The minimum Gasteiger partial charge on any atom is -0.490 e. The lowest BCUT2D eigenvalue weighted by molar-refractivity contribution is 0.0724. The van der Waals surface area contributed by atoms with Crippen molar-refractivity contribution in [1.29, 1.82) is 0 Å². The Morgan fingerprint density at radius 2 is 2.22 bits per heavy atom. The highest BCUT2D eigenvalue weighted by Gasteiger charge is 2.33. The maximum atomic E-state index is 9.35. The lowest BCUT2D eigenvalue weighted by Crippen LogP contribution is -2.50. The smallest absolute Gasteiger partial charge is 0.122 e. The van der Waals surface area contributed by atoms with Crippen LogP contribution in [-0.2, 0) is 0 Å². The van der Waals surface area contributed by atoms with Crippen molar-refractivity contribution in [2.75, 3.05) is 6.61 Å². The third kappa shape index (κ3) is 3.03. The van der Waals surface area contributed by atoms with E-state index in [2.05, 4.69) is 32.0 Å². The molecule has 0 bridgehead atoms. The number of ether oxygens (including phenoxy) is 1. The normalized spacial score (nSPS) is 28.1. The molecule has 0 radical (unpaired) electrons. The Labute approximate surface area is 109 Å². The summed E-state index contributed by atoms with van der Waals surface area (Å²) in [5.41, 5.74) is 8.03. The van der Waals surface area contributed by atoms with Gasteiger partial charge >= 0.3 is 0 Å². The van der Waals surface area contributed by atoms with Crippen molar-refractivity contribution in [3.63, 3.8) is 0 Å². The Morgan fingerprint density at radius 3 is 2.94 bits per heavy atom. The summed E-state index contributed by atoms with van der Waals surface area (Å²) in [7, 11) is 0. The third-order valence-corrected chi connectivity index (χ3v) is 3.79. The Hall–Kier alpha value is -1.06. The number of hydrogen-bond acceptors (Lipinski definition) is 3. The Bertz CT molecular complexity index is 419. The molecular weight excluding hydrogens is 226 g/mol. The van der Waals surface area contributed by atoms with Crippen molar-refractivity contribution >= 4 is 0 Å². The summed E-state index contributed by atoms with van der Waals surface area (Å²) in [5.74, 6) is 0.946. The maximum absolute atomic E-state index is 9.35. The van der Waals surface area contributed by atoms with Crippen molar-refractivity contribution in [1.82, 2.24) is 0 Å². The maximum Gasteiger partial charge on any atom is 0.122 e. The van der Waals surface area contributed by atoms with Gasteiger partial charge in [-0.3, -0.25) is 0 Å².